The molecule has 0 radical (unpaired) electrons. The largest absolute Gasteiger partial charge is 0.373 e. The number of aromatic nitrogens is 2. The van der Waals surface area contributed by atoms with Gasteiger partial charge in [-0.1, -0.05) is 24.3 Å². The van der Waals surface area contributed by atoms with Crippen LogP contribution in [0.25, 0.3) is 0 Å². The highest BCUT2D eigenvalue weighted by Crippen LogP contribution is 2.51. The average molecular weight is 404 g/mol. The summed E-state index contributed by atoms with van der Waals surface area (Å²) in [5.74, 6) is 0.0716. The molecule has 0 bridgehead atoms. The second kappa shape index (κ2) is 7.78. The predicted octanol–water partition coefficient (Wildman–Crippen LogP) is 3.07. The third-order valence-corrected chi connectivity index (χ3v) is 6.39. The predicted molar refractivity (Wildman–Crippen MR) is 107 cm³/mol. The molecule has 154 valence electrons. The van der Waals surface area contributed by atoms with Crippen LogP contribution in [0.3, 0.4) is 0 Å². The van der Waals surface area contributed by atoms with E-state index in [-0.39, 0.29) is 24.3 Å². The van der Waals surface area contributed by atoms with Crippen molar-refractivity contribution < 1.29 is 14.3 Å². The van der Waals surface area contributed by atoms with E-state index in [4.69, 9.17) is 14.7 Å². The van der Waals surface area contributed by atoms with Crippen LogP contribution >= 0.6 is 0 Å². The highest BCUT2D eigenvalue weighted by molar-refractivity contribution is 5.89. The number of amides is 1. The van der Waals surface area contributed by atoms with Crippen LogP contribution in [-0.4, -0.2) is 38.7 Å². The molecular weight excluding hydrogens is 380 g/mol. The molecule has 2 aromatic rings. The Morgan fingerprint density at radius 2 is 2.00 bits per heavy atom. The lowest BCUT2D eigenvalue weighted by molar-refractivity contribution is -0.177. The van der Waals surface area contributed by atoms with E-state index in [1.54, 1.807) is 18.6 Å². The van der Waals surface area contributed by atoms with E-state index in [9.17, 15) is 4.79 Å². The summed E-state index contributed by atoms with van der Waals surface area (Å²) in [7, 11) is 0. The number of ether oxygens (including phenoxy) is 2. The average Bonchev–Trinajstić information content (AvgIpc) is 3.29. The van der Waals surface area contributed by atoms with Gasteiger partial charge in [0.1, 0.15) is 6.23 Å². The van der Waals surface area contributed by atoms with Gasteiger partial charge in [0, 0.05) is 31.7 Å². The van der Waals surface area contributed by atoms with Crippen LogP contribution in [0.1, 0.15) is 55.0 Å². The highest BCUT2D eigenvalue weighted by atomic mass is 16.6. The van der Waals surface area contributed by atoms with Gasteiger partial charge < -0.3 is 14.4 Å². The summed E-state index contributed by atoms with van der Waals surface area (Å²) in [4.78, 5) is 23.6. The topological polar surface area (TPSA) is 88.3 Å². The number of benzene rings is 1. The summed E-state index contributed by atoms with van der Waals surface area (Å²) >= 11 is 0. The standard InChI is InChI=1S/C23H24N4O3/c24-9-1-2-16-3-5-17(6-4-16)15-29-18-12-23(13-18)22(28)27-20(7-8-21(27)30-23)19-14-25-10-11-26-19/h3-6,10-11,14,18,20-21H,1-2,7-8,12-13,15H2/t18?,20-,21?,23?/m0/s1. The lowest BCUT2D eigenvalue weighted by atomic mass is 9.76. The molecule has 1 saturated carbocycles. The maximum Gasteiger partial charge on any atom is 0.257 e. The lowest BCUT2D eigenvalue weighted by Crippen LogP contribution is -2.54. The first-order valence-electron chi connectivity index (χ1n) is 10.5. The van der Waals surface area contributed by atoms with Crippen molar-refractivity contribution in [3.8, 4) is 6.07 Å². The Hall–Kier alpha value is -2.82. The van der Waals surface area contributed by atoms with E-state index in [1.807, 2.05) is 29.2 Å². The van der Waals surface area contributed by atoms with Crippen LogP contribution in [0.5, 0.6) is 0 Å². The van der Waals surface area contributed by atoms with Gasteiger partial charge in [0.25, 0.3) is 5.91 Å². The zero-order chi connectivity index (χ0) is 20.6. The molecule has 3 aliphatic rings. The number of aryl methyl sites for hydroxylation is 1. The smallest absolute Gasteiger partial charge is 0.257 e. The van der Waals surface area contributed by atoms with Crippen molar-refractivity contribution in [3.63, 3.8) is 0 Å². The van der Waals surface area contributed by atoms with Crippen LogP contribution in [0.15, 0.2) is 42.9 Å². The molecule has 1 amide bonds. The molecule has 0 N–H and O–H groups in total. The summed E-state index contributed by atoms with van der Waals surface area (Å²) in [6.45, 7) is 0.517. The summed E-state index contributed by atoms with van der Waals surface area (Å²) in [5, 5.41) is 8.68. The van der Waals surface area contributed by atoms with Gasteiger partial charge in [-0.15, -0.1) is 0 Å². The van der Waals surface area contributed by atoms with Crippen LogP contribution in [0, 0.1) is 11.3 Å². The first kappa shape index (κ1) is 19.2. The van der Waals surface area contributed by atoms with Gasteiger partial charge in [0.15, 0.2) is 5.60 Å². The van der Waals surface area contributed by atoms with Crippen molar-refractivity contribution in [2.24, 2.45) is 0 Å². The summed E-state index contributed by atoms with van der Waals surface area (Å²) < 4.78 is 12.3. The number of carbonyl (C=O) groups excluding carboxylic acids is 1. The van der Waals surface area contributed by atoms with Gasteiger partial charge in [-0.3, -0.25) is 14.8 Å². The SMILES string of the molecule is N#CCCc1ccc(COC2CC3(C2)OC2CC[C@@H](c4cnccn4)N2C3=O)cc1. The molecule has 1 aromatic heterocycles. The lowest BCUT2D eigenvalue weighted by Gasteiger charge is -2.42. The molecule has 1 unspecified atom stereocenters. The van der Waals surface area contributed by atoms with Crippen molar-refractivity contribution in [1.29, 1.82) is 5.26 Å². The maximum absolute atomic E-state index is 13.2. The Balaban J connectivity index is 1.16. The third kappa shape index (κ3) is 3.36. The van der Waals surface area contributed by atoms with Crippen molar-refractivity contribution in [1.82, 2.24) is 14.9 Å². The second-order valence-electron chi connectivity index (χ2n) is 8.32. The minimum atomic E-state index is -0.725. The molecule has 5 rings (SSSR count). The fraction of sp³-hybridized carbons (Fsp3) is 0.478. The Morgan fingerprint density at radius 3 is 2.73 bits per heavy atom. The van der Waals surface area contributed by atoms with E-state index in [2.05, 4.69) is 16.0 Å². The number of rotatable bonds is 6. The molecule has 1 spiro atoms. The molecule has 2 aliphatic heterocycles. The maximum atomic E-state index is 13.2. The zero-order valence-corrected chi connectivity index (χ0v) is 16.7. The van der Waals surface area contributed by atoms with Crippen molar-refractivity contribution in [2.75, 3.05) is 0 Å². The number of hydrogen-bond acceptors (Lipinski definition) is 6. The molecule has 3 heterocycles. The Morgan fingerprint density at radius 1 is 1.20 bits per heavy atom. The molecular formula is C23H24N4O3. The molecule has 2 atom stereocenters. The number of hydrogen-bond donors (Lipinski definition) is 0. The first-order valence-corrected chi connectivity index (χ1v) is 10.5. The monoisotopic (exact) mass is 404 g/mol. The Kier molecular flexibility index (Phi) is 4.97. The van der Waals surface area contributed by atoms with Gasteiger partial charge in [-0.2, -0.15) is 5.26 Å². The van der Waals surface area contributed by atoms with Gasteiger partial charge in [0.2, 0.25) is 0 Å². The van der Waals surface area contributed by atoms with Crippen molar-refractivity contribution >= 4 is 5.91 Å². The summed E-state index contributed by atoms with van der Waals surface area (Å²) in [5.41, 5.74) is 2.36. The molecule has 3 fully saturated rings. The number of nitrogens with zero attached hydrogens (tertiary/aromatic N) is 4. The summed E-state index contributed by atoms with van der Waals surface area (Å²) in [6.07, 6.45) is 9.12. The molecule has 30 heavy (non-hydrogen) atoms. The van der Waals surface area contributed by atoms with E-state index >= 15 is 0 Å². The number of carbonyl (C=O) groups is 1. The Labute approximate surface area is 175 Å². The van der Waals surface area contributed by atoms with E-state index in [0.29, 0.717) is 25.9 Å². The number of nitriles is 1. The molecule has 1 aromatic carbocycles. The summed E-state index contributed by atoms with van der Waals surface area (Å²) in [6, 6.07) is 10.3. The van der Waals surface area contributed by atoms with Crippen LogP contribution in [0.4, 0.5) is 0 Å². The van der Waals surface area contributed by atoms with Crippen LogP contribution in [-0.2, 0) is 27.3 Å². The third-order valence-electron chi connectivity index (χ3n) is 6.39. The number of fused-ring (bicyclic) bond motifs is 1. The van der Waals surface area contributed by atoms with Gasteiger partial charge in [0.05, 0.1) is 36.7 Å². The van der Waals surface area contributed by atoms with Crippen LogP contribution in [0.2, 0.25) is 0 Å². The Bertz CT molecular complexity index is 951. The van der Waals surface area contributed by atoms with Crippen molar-refractivity contribution in [2.45, 2.75) is 69.1 Å². The first-order chi connectivity index (χ1) is 14.7. The highest BCUT2D eigenvalue weighted by Gasteiger charge is 2.63. The molecule has 7 nitrogen and oxygen atoms in total. The van der Waals surface area contributed by atoms with E-state index in [1.165, 1.54) is 0 Å². The van der Waals surface area contributed by atoms with Crippen LogP contribution < -0.4 is 0 Å². The van der Waals surface area contributed by atoms with E-state index in [0.717, 1.165) is 36.1 Å². The van der Waals surface area contributed by atoms with Crippen molar-refractivity contribution in [3.05, 3.63) is 59.7 Å². The molecule has 2 saturated heterocycles. The normalized spacial score (nSPS) is 29.6. The second-order valence-corrected chi connectivity index (χ2v) is 8.32. The minimum Gasteiger partial charge on any atom is -0.373 e. The molecule has 7 heteroatoms. The van der Waals surface area contributed by atoms with Gasteiger partial charge >= 0.3 is 0 Å². The fourth-order valence-electron chi connectivity index (χ4n) is 4.77. The van der Waals surface area contributed by atoms with Gasteiger partial charge in [-0.05, 0) is 30.4 Å². The quantitative estimate of drug-likeness (QED) is 0.735. The zero-order valence-electron chi connectivity index (χ0n) is 16.7. The van der Waals surface area contributed by atoms with Gasteiger partial charge in [-0.25, -0.2) is 0 Å². The van der Waals surface area contributed by atoms with E-state index < -0.39 is 5.60 Å². The fourth-order valence-corrected chi connectivity index (χ4v) is 4.77. The minimum absolute atomic E-state index is 0.0298. The molecule has 1 aliphatic carbocycles.